The number of hydrogen-bond acceptors (Lipinski definition) is 5. The first-order valence-electron chi connectivity index (χ1n) is 10.2. The van der Waals surface area contributed by atoms with Crippen molar-refractivity contribution in [2.24, 2.45) is 7.05 Å². The second-order valence-corrected chi connectivity index (χ2v) is 7.70. The number of anilines is 1. The highest BCUT2D eigenvalue weighted by molar-refractivity contribution is 5.92. The number of carbonyl (C=O) groups excluding carboxylic acids is 1. The summed E-state index contributed by atoms with van der Waals surface area (Å²) in [5.74, 6) is -2.06. The average molecular weight is 488 g/mol. The van der Waals surface area contributed by atoms with Crippen LogP contribution in [0.15, 0.2) is 55.5 Å². The van der Waals surface area contributed by atoms with Crippen LogP contribution in [0.5, 0.6) is 0 Å². The van der Waals surface area contributed by atoms with Gasteiger partial charge in [-0.05, 0) is 18.2 Å². The average Bonchev–Trinajstić information content (AvgIpc) is 3.20. The predicted octanol–water partition coefficient (Wildman–Crippen LogP) is 4.34. The number of alkyl halides is 3. The molecule has 0 fully saturated rings. The standard InChI is InChI=1S/C23H17F5N6O/c1-34-11-17(32-12-34)5-21-30-7-14(8-31-21)18-6-19(24)13(2-20(18)25)3-22(35)33-16-4-15(9-29-10-16)23(26,27)28/h2,4,6-12H,3,5H2,1H3,(H,33,35). The zero-order chi connectivity index (χ0) is 25.2. The lowest BCUT2D eigenvalue weighted by Gasteiger charge is -2.11. The number of imidazole rings is 1. The number of aromatic nitrogens is 5. The van der Waals surface area contributed by atoms with Crippen molar-refractivity contribution >= 4 is 11.6 Å². The molecule has 1 aromatic carbocycles. The highest BCUT2D eigenvalue weighted by Gasteiger charge is 2.31. The predicted molar refractivity (Wildman–Crippen MR) is 115 cm³/mol. The Balaban J connectivity index is 1.46. The maximum atomic E-state index is 14.7. The molecule has 1 N–H and O–H groups in total. The molecule has 0 spiro atoms. The summed E-state index contributed by atoms with van der Waals surface area (Å²) in [6.45, 7) is 0. The Morgan fingerprint density at radius 3 is 2.40 bits per heavy atom. The van der Waals surface area contributed by atoms with E-state index in [-0.39, 0.29) is 22.4 Å². The summed E-state index contributed by atoms with van der Waals surface area (Å²) < 4.78 is 69.5. The van der Waals surface area contributed by atoms with E-state index in [1.165, 1.54) is 12.4 Å². The van der Waals surface area contributed by atoms with E-state index in [1.807, 2.05) is 13.2 Å². The van der Waals surface area contributed by atoms with Gasteiger partial charge >= 0.3 is 6.18 Å². The third kappa shape index (κ3) is 5.83. The summed E-state index contributed by atoms with van der Waals surface area (Å²) in [5.41, 5.74) is -0.650. The molecule has 0 aliphatic heterocycles. The second kappa shape index (κ2) is 9.57. The number of amides is 1. The van der Waals surface area contributed by atoms with E-state index >= 15 is 0 Å². The monoisotopic (exact) mass is 488 g/mol. The Kier molecular flexibility index (Phi) is 6.54. The summed E-state index contributed by atoms with van der Waals surface area (Å²) in [7, 11) is 1.83. The fraction of sp³-hybridized carbons (Fsp3) is 0.174. The smallest absolute Gasteiger partial charge is 0.340 e. The normalized spacial score (nSPS) is 11.5. The minimum absolute atomic E-state index is 0.0990. The Morgan fingerprint density at radius 2 is 1.74 bits per heavy atom. The molecule has 0 saturated heterocycles. The van der Waals surface area contributed by atoms with Crippen molar-refractivity contribution in [3.8, 4) is 11.1 Å². The van der Waals surface area contributed by atoms with Gasteiger partial charge in [-0.15, -0.1) is 0 Å². The van der Waals surface area contributed by atoms with Crippen LogP contribution in [-0.2, 0) is 30.9 Å². The highest BCUT2D eigenvalue weighted by Crippen LogP contribution is 2.30. The zero-order valence-electron chi connectivity index (χ0n) is 18.1. The summed E-state index contributed by atoms with van der Waals surface area (Å²) in [4.78, 5) is 28.2. The van der Waals surface area contributed by atoms with Gasteiger partial charge in [-0.2, -0.15) is 13.2 Å². The Morgan fingerprint density at radius 1 is 1.00 bits per heavy atom. The van der Waals surface area contributed by atoms with Crippen LogP contribution in [0.3, 0.4) is 0 Å². The molecule has 0 radical (unpaired) electrons. The quantitative estimate of drug-likeness (QED) is 0.408. The van der Waals surface area contributed by atoms with Crippen molar-refractivity contribution in [3.05, 3.63) is 89.8 Å². The van der Waals surface area contributed by atoms with Crippen LogP contribution in [-0.4, -0.2) is 30.4 Å². The Bertz CT molecular complexity index is 1370. The molecular weight excluding hydrogens is 471 g/mol. The molecule has 4 rings (SSSR count). The largest absolute Gasteiger partial charge is 0.417 e. The van der Waals surface area contributed by atoms with Gasteiger partial charge in [0.1, 0.15) is 17.5 Å². The molecule has 180 valence electrons. The maximum Gasteiger partial charge on any atom is 0.417 e. The van der Waals surface area contributed by atoms with Gasteiger partial charge in [0.15, 0.2) is 0 Å². The lowest BCUT2D eigenvalue weighted by atomic mass is 10.0. The van der Waals surface area contributed by atoms with E-state index in [0.29, 0.717) is 24.5 Å². The summed E-state index contributed by atoms with van der Waals surface area (Å²) in [5, 5.41) is 2.21. The summed E-state index contributed by atoms with van der Waals surface area (Å²) >= 11 is 0. The lowest BCUT2D eigenvalue weighted by Crippen LogP contribution is -2.16. The zero-order valence-corrected chi connectivity index (χ0v) is 18.1. The topological polar surface area (TPSA) is 85.6 Å². The number of rotatable bonds is 6. The molecule has 0 atom stereocenters. The molecule has 0 saturated carbocycles. The van der Waals surface area contributed by atoms with Gasteiger partial charge < -0.3 is 9.88 Å². The fourth-order valence-electron chi connectivity index (χ4n) is 3.29. The third-order valence-corrected chi connectivity index (χ3v) is 4.95. The van der Waals surface area contributed by atoms with Crippen LogP contribution in [0.2, 0.25) is 0 Å². The van der Waals surface area contributed by atoms with E-state index in [0.717, 1.165) is 24.0 Å². The molecule has 3 heterocycles. The van der Waals surface area contributed by atoms with E-state index in [9.17, 15) is 26.7 Å². The summed E-state index contributed by atoms with van der Waals surface area (Å²) in [6.07, 6.45) is 2.92. The highest BCUT2D eigenvalue weighted by atomic mass is 19.4. The molecular formula is C23H17F5N6O. The number of nitrogens with one attached hydrogen (secondary N) is 1. The van der Waals surface area contributed by atoms with Crippen LogP contribution in [0.4, 0.5) is 27.6 Å². The molecule has 0 bridgehead atoms. The van der Waals surface area contributed by atoms with Crippen LogP contribution >= 0.6 is 0 Å². The fourth-order valence-corrected chi connectivity index (χ4v) is 3.29. The number of pyridine rings is 1. The molecule has 12 heteroatoms. The number of aryl methyl sites for hydroxylation is 1. The van der Waals surface area contributed by atoms with E-state index in [2.05, 4.69) is 25.3 Å². The van der Waals surface area contributed by atoms with Crippen molar-refractivity contribution in [2.75, 3.05) is 5.32 Å². The lowest BCUT2D eigenvalue weighted by molar-refractivity contribution is -0.137. The molecule has 35 heavy (non-hydrogen) atoms. The number of nitrogens with zero attached hydrogens (tertiary/aromatic N) is 5. The van der Waals surface area contributed by atoms with Crippen LogP contribution in [0.1, 0.15) is 22.6 Å². The van der Waals surface area contributed by atoms with Gasteiger partial charge in [0.05, 0.1) is 42.3 Å². The molecule has 3 aromatic heterocycles. The van der Waals surface area contributed by atoms with Gasteiger partial charge in [-0.3, -0.25) is 9.78 Å². The van der Waals surface area contributed by atoms with Crippen LogP contribution < -0.4 is 5.32 Å². The minimum atomic E-state index is -4.64. The van der Waals surface area contributed by atoms with E-state index < -0.39 is 35.7 Å². The van der Waals surface area contributed by atoms with Crippen molar-refractivity contribution in [1.82, 2.24) is 24.5 Å². The first-order chi connectivity index (χ1) is 16.6. The van der Waals surface area contributed by atoms with Crippen molar-refractivity contribution in [2.45, 2.75) is 19.0 Å². The number of halogens is 5. The molecule has 7 nitrogen and oxygen atoms in total. The second-order valence-electron chi connectivity index (χ2n) is 7.70. The molecule has 0 aliphatic rings. The van der Waals surface area contributed by atoms with Crippen LogP contribution in [0.25, 0.3) is 11.1 Å². The third-order valence-electron chi connectivity index (χ3n) is 4.95. The molecule has 4 aromatic rings. The summed E-state index contributed by atoms with van der Waals surface area (Å²) in [6, 6.07) is 2.47. The Hall–Kier alpha value is -4.22. The number of benzene rings is 1. The van der Waals surface area contributed by atoms with Gasteiger partial charge in [0, 0.05) is 48.5 Å². The first kappa shape index (κ1) is 23.9. The van der Waals surface area contributed by atoms with Gasteiger partial charge in [-0.1, -0.05) is 0 Å². The van der Waals surface area contributed by atoms with Crippen molar-refractivity contribution in [1.29, 1.82) is 0 Å². The van der Waals surface area contributed by atoms with Gasteiger partial charge in [0.25, 0.3) is 0 Å². The van der Waals surface area contributed by atoms with Gasteiger partial charge in [0.2, 0.25) is 5.91 Å². The van der Waals surface area contributed by atoms with E-state index in [1.54, 1.807) is 10.9 Å². The Labute approximate surface area is 195 Å². The van der Waals surface area contributed by atoms with Crippen LogP contribution in [0, 0.1) is 11.6 Å². The minimum Gasteiger partial charge on any atom is -0.340 e. The molecule has 0 unspecified atom stereocenters. The van der Waals surface area contributed by atoms with Crippen molar-refractivity contribution in [3.63, 3.8) is 0 Å². The van der Waals surface area contributed by atoms with Gasteiger partial charge in [-0.25, -0.2) is 23.7 Å². The number of carbonyl (C=O) groups is 1. The first-order valence-corrected chi connectivity index (χ1v) is 10.2. The van der Waals surface area contributed by atoms with Crippen molar-refractivity contribution < 1.29 is 26.7 Å². The SMILES string of the molecule is Cn1cnc(Cc2ncc(-c3cc(F)c(CC(=O)Nc4cncc(C(F)(F)F)c4)cc3F)cn2)c1. The maximum absolute atomic E-state index is 14.7. The van der Waals surface area contributed by atoms with E-state index in [4.69, 9.17) is 0 Å². The molecule has 1 amide bonds. The molecule has 0 aliphatic carbocycles. The number of hydrogen-bond donors (Lipinski definition) is 1.